The van der Waals surface area contributed by atoms with E-state index in [9.17, 15) is 0 Å². The third kappa shape index (κ3) is 2.24. The van der Waals surface area contributed by atoms with Crippen LogP contribution in [-0.4, -0.2) is 24.5 Å². The average molecular weight is 310 g/mol. The zero-order chi connectivity index (χ0) is 16.0. The van der Waals surface area contributed by atoms with Gasteiger partial charge in [0.25, 0.3) is 0 Å². The van der Waals surface area contributed by atoms with E-state index in [1.807, 2.05) is 0 Å². The second-order valence-electron chi connectivity index (χ2n) is 6.24. The number of benzene rings is 1. The summed E-state index contributed by atoms with van der Waals surface area (Å²) in [5.41, 5.74) is 4.83. The molecule has 4 heteroatoms. The maximum absolute atomic E-state index is 5.51. The molecule has 1 aliphatic heterocycles. The lowest BCUT2D eigenvalue weighted by molar-refractivity contribution is 0.354. The van der Waals surface area contributed by atoms with E-state index in [0.717, 1.165) is 23.6 Å². The highest BCUT2D eigenvalue weighted by molar-refractivity contribution is 6.03. The molecule has 1 aromatic carbocycles. The summed E-state index contributed by atoms with van der Waals surface area (Å²) < 4.78 is 13.3. The Bertz CT molecular complexity index is 772. The number of hydrogen-bond acceptors (Lipinski definition) is 3. The Kier molecular flexibility index (Phi) is 3.40. The molecular formula is C19H22N2O2. The second kappa shape index (κ2) is 5.44. The van der Waals surface area contributed by atoms with Gasteiger partial charge >= 0.3 is 0 Å². The first-order valence-corrected chi connectivity index (χ1v) is 8.28. The first-order chi connectivity index (χ1) is 11.3. The number of rotatable bonds is 4. The summed E-state index contributed by atoms with van der Waals surface area (Å²) in [4.78, 5) is 5.14. The summed E-state index contributed by atoms with van der Waals surface area (Å²) in [5, 5.41) is 0. The number of methoxy groups -OCH3 is 2. The molecule has 2 aromatic rings. The number of hydrogen-bond donors (Lipinski definition) is 0. The van der Waals surface area contributed by atoms with Crippen molar-refractivity contribution in [2.45, 2.75) is 32.2 Å². The van der Waals surface area contributed by atoms with Crippen LogP contribution < -0.4 is 9.47 Å². The highest BCUT2D eigenvalue weighted by Gasteiger charge is 2.33. The maximum atomic E-state index is 5.51. The van der Waals surface area contributed by atoms with E-state index in [2.05, 4.69) is 42.0 Å². The minimum atomic E-state index is 0.167. The average Bonchev–Trinajstić information content (AvgIpc) is 3.33. The van der Waals surface area contributed by atoms with E-state index in [4.69, 9.17) is 14.5 Å². The van der Waals surface area contributed by atoms with Crippen molar-refractivity contribution in [3.05, 3.63) is 41.7 Å². The summed E-state index contributed by atoms with van der Waals surface area (Å²) in [6, 6.07) is 8.60. The Morgan fingerprint density at radius 2 is 1.91 bits per heavy atom. The maximum Gasteiger partial charge on any atom is 0.162 e. The number of aromatic nitrogens is 1. The normalized spacial score (nSPS) is 19.4. The summed E-state index contributed by atoms with van der Waals surface area (Å²) in [7, 11) is 3.36. The third-order valence-electron chi connectivity index (χ3n) is 4.81. The Hall–Kier alpha value is -2.23. The molecule has 2 heterocycles. The fourth-order valence-electron chi connectivity index (χ4n) is 3.45. The van der Waals surface area contributed by atoms with Gasteiger partial charge in [-0.25, -0.2) is 0 Å². The SMILES string of the molecule is CCC1N=C(C2CC2)c2cccn2-c2cc(OC)c(OC)cc21. The number of fused-ring (bicyclic) bond motifs is 3. The monoisotopic (exact) mass is 310 g/mol. The van der Waals surface area contributed by atoms with Crippen molar-refractivity contribution < 1.29 is 9.47 Å². The standard InChI is InChI=1S/C19H22N2O2/c1-4-14-13-10-17(22-2)18(23-3)11-16(13)21-9-5-6-15(21)19(20-14)12-7-8-12/h5-6,9-12,14H,4,7-8H2,1-3H3. The zero-order valence-corrected chi connectivity index (χ0v) is 13.9. The van der Waals surface area contributed by atoms with E-state index in [0.29, 0.717) is 5.92 Å². The van der Waals surface area contributed by atoms with Crippen LogP contribution in [0.2, 0.25) is 0 Å². The molecule has 0 spiro atoms. The molecule has 0 amide bonds. The molecule has 2 aliphatic rings. The lowest BCUT2D eigenvalue weighted by Gasteiger charge is -2.18. The number of aliphatic imine (C=N–C) groups is 1. The van der Waals surface area contributed by atoms with Crippen LogP contribution in [0.3, 0.4) is 0 Å². The molecule has 1 aliphatic carbocycles. The van der Waals surface area contributed by atoms with Gasteiger partial charge in [0, 0.05) is 23.7 Å². The smallest absolute Gasteiger partial charge is 0.162 e. The molecule has 0 N–H and O–H groups in total. The van der Waals surface area contributed by atoms with Gasteiger partial charge in [-0.3, -0.25) is 4.99 Å². The second-order valence-corrected chi connectivity index (χ2v) is 6.24. The van der Waals surface area contributed by atoms with Gasteiger partial charge in [-0.15, -0.1) is 0 Å². The zero-order valence-electron chi connectivity index (χ0n) is 13.9. The van der Waals surface area contributed by atoms with Gasteiger partial charge in [-0.1, -0.05) is 6.92 Å². The highest BCUT2D eigenvalue weighted by atomic mass is 16.5. The summed E-state index contributed by atoms with van der Waals surface area (Å²) in [6.07, 6.45) is 5.60. The van der Waals surface area contributed by atoms with Crippen molar-refractivity contribution in [2.24, 2.45) is 10.9 Å². The molecule has 1 atom stereocenters. The molecule has 4 nitrogen and oxygen atoms in total. The van der Waals surface area contributed by atoms with E-state index in [1.165, 1.54) is 29.8 Å². The number of ether oxygens (including phenoxy) is 2. The van der Waals surface area contributed by atoms with Crippen molar-refractivity contribution in [3.8, 4) is 17.2 Å². The van der Waals surface area contributed by atoms with Gasteiger partial charge in [0.05, 0.1) is 37.4 Å². The molecule has 1 aromatic heterocycles. The van der Waals surface area contributed by atoms with Crippen molar-refractivity contribution in [1.29, 1.82) is 0 Å². The largest absolute Gasteiger partial charge is 0.493 e. The molecular weight excluding hydrogens is 288 g/mol. The van der Waals surface area contributed by atoms with Crippen LogP contribution >= 0.6 is 0 Å². The van der Waals surface area contributed by atoms with Crippen molar-refractivity contribution in [2.75, 3.05) is 14.2 Å². The topological polar surface area (TPSA) is 35.8 Å². The third-order valence-corrected chi connectivity index (χ3v) is 4.81. The van der Waals surface area contributed by atoms with Crippen LogP contribution in [0, 0.1) is 5.92 Å². The van der Waals surface area contributed by atoms with Crippen LogP contribution in [-0.2, 0) is 0 Å². The van der Waals surface area contributed by atoms with Crippen LogP contribution in [0.5, 0.6) is 11.5 Å². The van der Waals surface area contributed by atoms with Gasteiger partial charge in [-0.2, -0.15) is 0 Å². The first-order valence-electron chi connectivity index (χ1n) is 8.28. The van der Waals surface area contributed by atoms with Crippen molar-refractivity contribution >= 4 is 5.71 Å². The molecule has 1 saturated carbocycles. The van der Waals surface area contributed by atoms with Gasteiger partial charge in [0.1, 0.15) is 0 Å². The lowest BCUT2D eigenvalue weighted by Crippen LogP contribution is -2.08. The van der Waals surface area contributed by atoms with E-state index >= 15 is 0 Å². The summed E-state index contributed by atoms with van der Waals surface area (Å²) >= 11 is 0. The van der Waals surface area contributed by atoms with Gasteiger partial charge < -0.3 is 14.0 Å². The lowest BCUT2D eigenvalue weighted by atomic mass is 10.0. The molecule has 23 heavy (non-hydrogen) atoms. The van der Waals surface area contributed by atoms with Crippen LogP contribution in [0.15, 0.2) is 35.5 Å². The molecule has 0 saturated heterocycles. The molecule has 0 bridgehead atoms. The highest BCUT2D eigenvalue weighted by Crippen LogP contribution is 2.43. The predicted molar refractivity (Wildman–Crippen MR) is 91.2 cm³/mol. The summed E-state index contributed by atoms with van der Waals surface area (Å²) in [6.45, 7) is 2.19. The number of nitrogens with zero attached hydrogens (tertiary/aromatic N) is 2. The Labute approximate surface area is 136 Å². The van der Waals surface area contributed by atoms with E-state index < -0.39 is 0 Å². The van der Waals surface area contributed by atoms with E-state index in [-0.39, 0.29) is 6.04 Å². The summed E-state index contributed by atoms with van der Waals surface area (Å²) in [5.74, 6) is 2.15. The molecule has 0 radical (unpaired) electrons. The Balaban J connectivity index is 1.97. The quantitative estimate of drug-likeness (QED) is 0.850. The van der Waals surface area contributed by atoms with Crippen molar-refractivity contribution in [1.82, 2.24) is 4.57 Å². The Morgan fingerprint density at radius 1 is 1.17 bits per heavy atom. The van der Waals surface area contributed by atoms with Gasteiger partial charge in [0.15, 0.2) is 11.5 Å². The minimum absolute atomic E-state index is 0.167. The minimum Gasteiger partial charge on any atom is -0.493 e. The fraction of sp³-hybridized carbons (Fsp3) is 0.421. The predicted octanol–water partition coefficient (Wildman–Crippen LogP) is 4.16. The first kappa shape index (κ1) is 14.4. The van der Waals surface area contributed by atoms with E-state index in [1.54, 1.807) is 14.2 Å². The molecule has 120 valence electrons. The van der Waals surface area contributed by atoms with Crippen LogP contribution in [0.1, 0.15) is 43.5 Å². The van der Waals surface area contributed by atoms with Crippen molar-refractivity contribution in [3.63, 3.8) is 0 Å². The van der Waals surface area contributed by atoms with Gasteiger partial charge in [0.2, 0.25) is 0 Å². The van der Waals surface area contributed by atoms with Gasteiger partial charge in [-0.05, 0) is 37.5 Å². The molecule has 4 rings (SSSR count). The molecule has 1 fully saturated rings. The van der Waals surface area contributed by atoms with Crippen LogP contribution in [0.25, 0.3) is 5.69 Å². The fourth-order valence-corrected chi connectivity index (χ4v) is 3.45. The van der Waals surface area contributed by atoms with Crippen LogP contribution in [0.4, 0.5) is 0 Å². The Morgan fingerprint density at radius 3 is 2.57 bits per heavy atom. The molecule has 1 unspecified atom stereocenters.